The molecule has 0 N–H and O–H groups in total. The number of fused-ring (bicyclic) bond motifs is 5. The van der Waals surface area contributed by atoms with Crippen molar-refractivity contribution >= 4 is 25.2 Å². The Hall–Kier alpha value is -1.59. The van der Waals surface area contributed by atoms with Crippen molar-refractivity contribution in [2.75, 3.05) is 0 Å². The molecule has 0 aromatic heterocycles. The molecule has 6 heteroatoms. The van der Waals surface area contributed by atoms with E-state index in [0.717, 1.165) is 28.7 Å². The van der Waals surface area contributed by atoms with Crippen molar-refractivity contribution in [3.63, 3.8) is 0 Å². The van der Waals surface area contributed by atoms with E-state index in [-0.39, 0.29) is 42.1 Å². The van der Waals surface area contributed by atoms with Crippen LogP contribution in [0.15, 0.2) is 48.5 Å². The number of benzene rings is 2. The third-order valence-corrected chi connectivity index (χ3v) is 12.4. The van der Waals surface area contributed by atoms with E-state index in [9.17, 15) is 0 Å². The molecule has 0 spiro atoms. The van der Waals surface area contributed by atoms with Crippen LogP contribution in [0.3, 0.4) is 0 Å². The molecule has 212 valence electrons. The molecule has 0 amide bonds. The van der Waals surface area contributed by atoms with E-state index in [1.54, 1.807) is 0 Å². The summed E-state index contributed by atoms with van der Waals surface area (Å²) in [5, 5.41) is 0. The molecule has 0 radical (unpaired) electrons. The van der Waals surface area contributed by atoms with Gasteiger partial charge in [-0.05, 0) is 127 Å². The van der Waals surface area contributed by atoms with Crippen LogP contribution in [0.4, 0.5) is 0 Å². The molecule has 2 aliphatic heterocycles. The normalized spacial score (nSPS) is 34.0. The van der Waals surface area contributed by atoms with Gasteiger partial charge in [0, 0.05) is 5.41 Å². The molecule has 7 rings (SSSR count). The van der Waals surface area contributed by atoms with Crippen LogP contribution in [0.5, 0.6) is 0 Å². The van der Waals surface area contributed by atoms with E-state index < -0.39 is 0 Å². The summed E-state index contributed by atoms with van der Waals surface area (Å²) in [7, 11) is -0.651. The van der Waals surface area contributed by atoms with Gasteiger partial charge in [-0.3, -0.25) is 0 Å². The Kier molecular flexibility index (Phi) is 5.94. The lowest BCUT2D eigenvalue weighted by molar-refractivity contribution is 0.00578. The van der Waals surface area contributed by atoms with Crippen molar-refractivity contribution in [3.8, 4) is 0 Å². The molecule has 2 aromatic carbocycles. The predicted octanol–water partition coefficient (Wildman–Crippen LogP) is 6.03. The van der Waals surface area contributed by atoms with Crippen molar-refractivity contribution in [2.45, 2.75) is 115 Å². The monoisotopic (exact) mass is 540 g/mol. The largest absolute Gasteiger partial charge is 0.494 e. The Morgan fingerprint density at radius 2 is 0.975 bits per heavy atom. The summed E-state index contributed by atoms with van der Waals surface area (Å²) in [5.41, 5.74) is 3.84. The summed E-state index contributed by atoms with van der Waals surface area (Å²) in [4.78, 5) is 0. The molecular formula is C34H46B2O4. The lowest BCUT2D eigenvalue weighted by atomic mass is 9.59. The molecule has 3 aliphatic carbocycles. The molecule has 3 saturated carbocycles. The van der Waals surface area contributed by atoms with Crippen molar-refractivity contribution < 1.29 is 18.6 Å². The second-order valence-electron chi connectivity index (χ2n) is 15.5. The maximum Gasteiger partial charge on any atom is 0.494 e. The smallest absolute Gasteiger partial charge is 0.399 e. The fraction of sp³-hybridized carbons (Fsp3) is 0.647. The van der Waals surface area contributed by atoms with Gasteiger partial charge in [0.2, 0.25) is 0 Å². The van der Waals surface area contributed by atoms with Crippen LogP contribution in [-0.2, 0) is 24.0 Å². The lowest BCUT2D eigenvalue weighted by Crippen LogP contribution is -2.41. The Morgan fingerprint density at radius 3 is 1.40 bits per heavy atom. The minimum absolute atomic E-state index is 0.0547. The Morgan fingerprint density at radius 1 is 0.575 bits per heavy atom. The van der Waals surface area contributed by atoms with Gasteiger partial charge in [0.25, 0.3) is 0 Å². The zero-order valence-electron chi connectivity index (χ0n) is 25.8. The Bertz CT molecular complexity index is 1170. The zero-order valence-corrected chi connectivity index (χ0v) is 25.8. The summed E-state index contributed by atoms with van der Waals surface area (Å²) in [5.74, 6) is 3.33. The van der Waals surface area contributed by atoms with Crippen molar-refractivity contribution in [1.82, 2.24) is 0 Å². The summed E-state index contributed by atoms with van der Waals surface area (Å²) in [6.45, 7) is 17.0. The highest BCUT2D eigenvalue weighted by Crippen LogP contribution is 2.68. The van der Waals surface area contributed by atoms with Crippen LogP contribution >= 0.6 is 0 Å². The molecule has 5 fully saturated rings. The highest BCUT2D eigenvalue weighted by molar-refractivity contribution is 6.62. The Labute approximate surface area is 242 Å². The summed E-state index contributed by atoms with van der Waals surface area (Å²) < 4.78 is 25.5. The van der Waals surface area contributed by atoms with Gasteiger partial charge in [-0.15, -0.1) is 0 Å². The summed E-state index contributed by atoms with van der Waals surface area (Å²) >= 11 is 0. The molecule has 4 atom stereocenters. The summed E-state index contributed by atoms with van der Waals surface area (Å²) in [6, 6.07) is 18.6. The molecule has 40 heavy (non-hydrogen) atoms. The van der Waals surface area contributed by atoms with Crippen LogP contribution in [0.25, 0.3) is 0 Å². The molecule has 2 heterocycles. The third-order valence-electron chi connectivity index (χ3n) is 12.4. The van der Waals surface area contributed by atoms with Crippen LogP contribution in [0, 0.1) is 23.7 Å². The standard InChI is InChI=1S/C34H46B2O4/c1-30(2)31(3,4)38-35(37-30)25-16-12-23(13-17-25)34(21-22-20-29(34)28-11-9-10-27(22)28)24-14-18-26(19-15-24)36-39-32(5,6)33(7,8)40-36/h12-19,22,27-29H,9-11,20-21H2,1-8H3. The first-order valence-corrected chi connectivity index (χ1v) is 15.7. The average molecular weight is 540 g/mol. The topological polar surface area (TPSA) is 36.9 Å². The fourth-order valence-electron chi connectivity index (χ4n) is 8.81. The zero-order chi connectivity index (χ0) is 28.3. The molecule has 4 nitrogen and oxygen atoms in total. The molecule has 2 aromatic rings. The van der Waals surface area contributed by atoms with Gasteiger partial charge in [0.1, 0.15) is 0 Å². The number of hydrogen-bond acceptors (Lipinski definition) is 4. The van der Waals surface area contributed by atoms with Crippen molar-refractivity contribution in [2.24, 2.45) is 23.7 Å². The van der Waals surface area contributed by atoms with E-state index in [4.69, 9.17) is 18.6 Å². The van der Waals surface area contributed by atoms with Crippen LogP contribution < -0.4 is 10.9 Å². The fourth-order valence-corrected chi connectivity index (χ4v) is 8.81. The quantitative estimate of drug-likeness (QED) is 0.445. The maximum atomic E-state index is 6.38. The van der Waals surface area contributed by atoms with Crippen LogP contribution in [0.2, 0.25) is 0 Å². The van der Waals surface area contributed by atoms with E-state index in [1.807, 2.05) is 0 Å². The van der Waals surface area contributed by atoms with Gasteiger partial charge in [0.15, 0.2) is 0 Å². The molecule has 5 aliphatic rings. The highest BCUT2D eigenvalue weighted by atomic mass is 16.7. The van der Waals surface area contributed by atoms with Crippen LogP contribution in [0.1, 0.15) is 98.6 Å². The number of rotatable bonds is 4. The van der Waals surface area contributed by atoms with Crippen LogP contribution in [-0.4, -0.2) is 36.6 Å². The van der Waals surface area contributed by atoms with Gasteiger partial charge in [-0.2, -0.15) is 0 Å². The maximum absolute atomic E-state index is 6.38. The predicted molar refractivity (Wildman–Crippen MR) is 162 cm³/mol. The van der Waals surface area contributed by atoms with Gasteiger partial charge in [-0.25, -0.2) is 0 Å². The Balaban J connectivity index is 1.23. The second-order valence-corrected chi connectivity index (χ2v) is 15.5. The first-order valence-electron chi connectivity index (χ1n) is 15.7. The molecule has 2 bridgehead atoms. The lowest BCUT2D eigenvalue weighted by Gasteiger charge is -2.44. The second kappa shape index (κ2) is 8.72. The third kappa shape index (κ3) is 3.81. The first kappa shape index (κ1) is 27.3. The average Bonchev–Trinajstić information content (AvgIpc) is 3.67. The first-order chi connectivity index (χ1) is 18.7. The number of hydrogen-bond donors (Lipinski definition) is 0. The SMILES string of the molecule is CC1(C)OB(c2ccc(C3(c4ccc(B5OC(C)(C)C(C)(C)O5)cc4)CC4CC3C3CCCC43)cc2)OC1(C)C. The van der Waals surface area contributed by atoms with E-state index in [0.29, 0.717) is 5.92 Å². The molecular weight excluding hydrogens is 494 g/mol. The highest BCUT2D eigenvalue weighted by Gasteiger charge is 2.62. The van der Waals surface area contributed by atoms with Gasteiger partial charge in [0.05, 0.1) is 22.4 Å². The van der Waals surface area contributed by atoms with Crippen molar-refractivity contribution in [3.05, 3.63) is 59.7 Å². The minimum atomic E-state index is -0.335. The van der Waals surface area contributed by atoms with E-state index >= 15 is 0 Å². The van der Waals surface area contributed by atoms with E-state index in [2.05, 4.69) is 104 Å². The van der Waals surface area contributed by atoms with Gasteiger partial charge >= 0.3 is 14.2 Å². The van der Waals surface area contributed by atoms with E-state index in [1.165, 1.54) is 43.2 Å². The molecule has 2 saturated heterocycles. The molecule has 4 unspecified atom stereocenters. The van der Waals surface area contributed by atoms with Gasteiger partial charge < -0.3 is 18.6 Å². The minimum Gasteiger partial charge on any atom is -0.399 e. The van der Waals surface area contributed by atoms with Gasteiger partial charge in [-0.1, -0.05) is 55.0 Å². The van der Waals surface area contributed by atoms with Crippen molar-refractivity contribution in [1.29, 1.82) is 0 Å². The summed E-state index contributed by atoms with van der Waals surface area (Å²) in [6.07, 6.45) is 6.85.